The summed E-state index contributed by atoms with van der Waals surface area (Å²) in [7, 11) is 3.97. The molecule has 1 aliphatic rings. The van der Waals surface area contributed by atoms with Gasteiger partial charge in [0.2, 0.25) is 0 Å². The standard InChI is InChI=1S/C14H22N2O/c1-15-11-6-8-13(9-7-11)17-14-5-3-4-12(10-14)16-2/h3-5,10-11,13,15-16H,6-9H2,1-2H3. The molecule has 0 unspecified atom stereocenters. The van der Waals surface area contributed by atoms with E-state index in [4.69, 9.17) is 4.74 Å². The summed E-state index contributed by atoms with van der Waals surface area (Å²) in [5, 5.41) is 6.47. The predicted octanol–water partition coefficient (Wildman–Crippen LogP) is 2.64. The summed E-state index contributed by atoms with van der Waals surface area (Å²) in [6.07, 6.45) is 5.11. The van der Waals surface area contributed by atoms with Crippen molar-refractivity contribution in [2.24, 2.45) is 0 Å². The van der Waals surface area contributed by atoms with Crippen LogP contribution in [-0.2, 0) is 0 Å². The van der Waals surface area contributed by atoms with Gasteiger partial charge in [-0.1, -0.05) is 6.07 Å². The molecule has 0 atom stereocenters. The third-order valence-electron chi connectivity index (χ3n) is 3.51. The van der Waals surface area contributed by atoms with E-state index in [-0.39, 0.29) is 0 Å². The summed E-state index contributed by atoms with van der Waals surface area (Å²) in [5.41, 5.74) is 1.10. The normalized spacial score (nSPS) is 24.4. The smallest absolute Gasteiger partial charge is 0.121 e. The highest BCUT2D eigenvalue weighted by molar-refractivity contribution is 5.47. The Morgan fingerprint density at radius 3 is 2.53 bits per heavy atom. The van der Waals surface area contributed by atoms with Gasteiger partial charge in [-0.15, -0.1) is 0 Å². The van der Waals surface area contributed by atoms with Crippen LogP contribution >= 0.6 is 0 Å². The van der Waals surface area contributed by atoms with Gasteiger partial charge < -0.3 is 15.4 Å². The first-order valence-electron chi connectivity index (χ1n) is 6.43. The molecule has 0 aromatic heterocycles. The fourth-order valence-corrected chi connectivity index (χ4v) is 2.39. The molecule has 3 heteroatoms. The lowest BCUT2D eigenvalue weighted by molar-refractivity contribution is 0.141. The molecular formula is C14H22N2O. The number of hydrogen-bond donors (Lipinski definition) is 2. The quantitative estimate of drug-likeness (QED) is 0.840. The third-order valence-corrected chi connectivity index (χ3v) is 3.51. The van der Waals surface area contributed by atoms with Gasteiger partial charge in [0.05, 0.1) is 6.10 Å². The Morgan fingerprint density at radius 2 is 1.88 bits per heavy atom. The molecule has 0 spiro atoms. The number of nitrogens with one attached hydrogen (secondary N) is 2. The van der Waals surface area contributed by atoms with Crippen LogP contribution in [0.1, 0.15) is 25.7 Å². The maximum Gasteiger partial charge on any atom is 0.121 e. The average molecular weight is 234 g/mol. The maximum absolute atomic E-state index is 6.02. The number of benzene rings is 1. The van der Waals surface area contributed by atoms with Gasteiger partial charge in [-0.05, 0) is 44.9 Å². The molecule has 2 N–H and O–H groups in total. The topological polar surface area (TPSA) is 33.3 Å². The van der Waals surface area contributed by atoms with Gasteiger partial charge in [-0.3, -0.25) is 0 Å². The molecule has 0 aliphatic heterocycles. The molecule has 1 aliphatic carbocycles. The third kappa shape index (κ3) is 3.37. The van der Waals surface area contributed by atoms with Gasteiger partial charge in [0.1, 0.15) is 5.75 Å². The Labute approximate surface area is 104 Å². The van der Waals surface area contributed by atoms with Gasteiger partial charge in [0.15, 0.2) is 0 Å². The number of anilines is 1. The molecular weight excluding hydrogens is 212 g/mol. The van der Waals surface area contributed by atoms with Gasteiger partial charge in [0, 0.05) is 24.8 Å². The van der Waals surface area contributed by atoms with E-state index in [2.05, 4.69) is 16.7 Å². The molecule has 1 aromatic rings. The lowest BCUT2D eigenvalue weighted by atomic mass is 9.93. The Morgan fingerprint density at radius 1 is 1.12 bits per heavy atom. The first-order chi connectivity index (χ1) is 8.31. The van der Waals surface area contributed by atoms with Crippen LogP contribution in [0.25, 0.3) is 0 Å². The molecule has 1 saturated carbocycles. The number of rotatable bonds is 4. The molecule has 0 saturated heterocycles. The van der Waals surface area contributed by atoms with E-state index in [0.717, 1.165) is 24.3 Å². The van der Waals surface area contributed by atoms with Crippen LogP contribution in [0, 0.1) is 0 Å². The Kier molecular flexibility index (Phi) is 4.26. The monoisotopic (exact) mass is 234 g/mol. The Bertz CT molecular complexity index is 346. The van der Waals surface area contributed by atoms with Crippen molar-refractivity contribution in [3.8, 4) is 5.75 Å². The van der Waals surface area contributed by atoms with Crippen LogP contribution in [0.5, 0.6) is 5.75 Å². The van der Waals surface area contributed by atoms with E-state index >= 15 is 0 Å². The number of hydrogen-bond acceptors (Lipinski definition) is 3. The predicted molar refractivity (Wildman–Crippen MR) is 71.7 cm³/mol. The molecule has 1 aromatic carbocycles. The van der Waals surface area contributed by atoms with E-state index in [0.29, 0.717) is 12.1 Å². The second-order valence-electron chi connectivity index (χ2n) is 4.66. The Hall–Kier alpha value is -1.22. The van der Waals surface area contributed by atoms with Crippen molar-refractivity contribution in [2.45, 2.75) is 37.8 Å². The molecule has 0 amide bonds. The zero-order valence-electron chi connectivity index (χ0n) is 10.7. The van der Waals surface area contributed by atoms with E-state index in [1.807, 2.05) is 32.3 Å². The lowest BCUT2D eigenvalue weighted by Gasteiger charge is -2.28. The molecule has 0 bridgehead atoms. The highest BCUT2D eigenvalue weighted by Gasteiger charge is 2.21. The summed E-state index contributed by atoms with van der Waals surface area (Å²) in [6.45, 7) is 0. The van der Waals surface area contributed by atoms with Crippen LogP contribution < -0.4 is 15.4 Å². The fourth-order valence-electron chi connectivity index (χ4n) is 2.39. The molecule has 17 heavy (non-hydrogen) atoms. The van der Waals surface area contributed by atoms with Crippen molar-refractivity contribution in [1.29, 1.82) is 0 Å². The van der Waals surface area contributed by atoms with Crippen LogP contribution in [0.4, 0.5) is 5.69 Å². The Balaban J connectivity index is 1.88. The summed E-state index contributed by atoms with van der Waals surface area (Å²) < 4.78 is 6.02. The average Bonchev–Trinajstić information content (AvgIpc) is 2.40. The minimum absolute atomic E-state index is 0.381. The second kappa shape index (κ2) is 5.92. The first-order valence-corrected chi connectivity index (χ1v) is 6.43. The summed E-state index contributed by atoms with van der Waals surface area (Å²) in [5.74, 6) is 0.977. The molecule has 3 nitrogen and oxygen atoms in total. The molecule has 2 rings (SSSR count). The van der Waals surface area contributed by atoms with Gasteiger partial charge in [0.25, 0.3) is 0 Å². The lowest BCUT2D eigenvalue weighted by Crippen LogP contribution is -2.34. The van der Waals surface area contributed by atoms with Crippen LogP contribution in [0.15, 0.2) is 24.3 Å². The van der Waals surface area contributed by atoms with Crippen molar-refractivity contribution in [3.63, 3.8) is 0 Å². The fraction of sp³-hybridized carbons (Fsp3) is 0.571. The zero-order chi connectivity index (χ0) is 12.1. The van der Waals surface area contributed by atoms with Crippen LogP contribution in [0.2, 0.25) is 0 Å². The summed E-state index contributed by atoms with van der Waals surface area (Å²) in [4.78, 5) is 0. The zero-order valence-corrected chi connectivity index (χ0v) is 10.7. The van der Waals surface area contributed by atoms with Crippen molar-refractivity contribution in [3.05, 3.63) is 24.3 Å². The minimum Gasteiger partial charge on any atom is -0.490 e. The van der Waals surface area contributed by atoms with Crippen LogP contribution in [0.3, 0.4) is 0 Å². The minimum atomic E-state index is 0.381. The van der Waals surface area contributed by atoms with E-state index < -0.39 is 0 Å². The number of ether oxygens (including phenoxy) is 1. The maximum atomic E-state index is 6.02. The summed E-state index contributed by atoms with van der Waals surface area (Å²) in [6, 6.07) is 8.85. The van der Waals surface area contributed by atoms with E-state index in [9.17, 15) is 0 Å². The highest BCUT2D eigenvalue weighted by atomic mass is 16.5. The van der Waals surface area contributed by atoms with Crippen molar-refractivity contribution in [2.75, 3.05) is 19.4 Å². The van der Waals surface area contributed by atoms with E-state index in [1.54, 1.807) is 0 Å². The van der Waals surface area contributed by atoms with E-state index in [1.165, 1.54) is 12.8 Å². The van der Waals surface area contributed by atoms with Crippen LogP contribution in [-0.4, -0.2) is 26.2 Å². The molecule has 1 fully saturated rings. The van der Waals surface area contributed by atoms with Crippen molar-refractivity contribution in [1.82, 2.24) is 5.32 Å². The van der Waals surface area contributed by atoms with Crippen molar-refractivity contribution < 1.29 is 4.74 Å². The first kappa shape index (κ1) is 12.2. The van der Waals surface area contributed by atoms with Crippen molar-refractivity contribution >= 4 is 5.69 Å². The molecule has 94 valence electrons. The highest BCUT2D eigenvalue weighted by Crippen LogP contribution is 2.25. The van der Waals surface area contributed by atoms with Gasteiger partial charge in [-0.25, -0.2) is 0 Å². The SMILES string of the molecule is CNc1cccc(OC2CCC(NC)CC2)c1. The molecule has 0 heterocycles. The largest absolute Gasteiger partial charge is 0.490 e. The second-order valence-corrected chi connectivity index (χ2v) is 4.66. The summed E-state index contributed by atoms with van der Waals surface area (Å²) >= 11 is 0. The van der Waals surface area contributed by atoms with Gasteiger partial charge in [-0.2, -0.15) is 0 Å². The molecule has 0 radical (unpaired) electrons. The van der Waals surface area contributed by atoms with Gasteiger partial charge >= 0.3 is 0 Å².